The molecular weight excluding hydrogens is 214 g/mol. The summed E-state index contributed by atoms with van der Waals surface area (Å²) in [4.78, 5) is 13.4. The molecule has 3 nitrogen and oxygen atoms in total. The Balaban J connectivity index is 1.93. The van der Waals surface area contributed by atoms with Crippen LogP contribution in [0.3, 0.4) is 0 Å². The van der Waals surface area contributed by atoms with Crippen molar-refractivity contribution < 1.29 is 13.6 Å². The van der Waals surface area contributed by atoms with Crippen molar-refractivity contribution in [1.29, 1.82) is 0 Å². The number of rotatable bonds is 1. The van der Waals surface area contributed by atoms with Crippen LogP contribution in [-0.2, 0) is 4.79 Å². The van der Waals surface area contributed by atoms with E-state index in [2.05, 4.69) is 5.32 Å². The zero-order valence-corrected chi connectivity index (χ0v) is 9.35. The van der Waals surface area contributed by atoms with Crippen LogP contribution in [0.2, 0.25) is 0 Å². The Labute approximate surface area is 94.2 Å². The van der Waals surface area contributed by atoms with E-state index in [9.17, 15) is 13.6 Å². The van der Waals surface area contributed by atoms with E-state index in [1.54, 1.807) is 0 Å². The van der Waals surface area contributed by atoms with Crippen molar-refractivity contribution >= 4 is 5.91 Å². The highest BCUT2D eigenvalue weighted by Crippen LogP contribution is 2.28. The summed E-state index contributed by atoms with van der Waals surface area (Å²) >= 11 is 0. The van der Waals surface area contributed by atoms with Crippen LogP contribution in [-0.4, -0.2) is 42.9 Å². The van der Waals surface area contributed by atoms with Crippen LogP contribution in [0.25, 0.3) is 0 Å². The van der Waals surface area contributed by atoms with Crippen LogP contribution in [0.1, 0.15) is 25.7 Å². The van der Waals surface area contributed by atoms with Gasteiger partial charge in [-0.2, -0.15) is 0 Å². The van der Waals surface area contributed by atoms with E-state index in [0.29, 0.717) is 13.0 Å². The van der Waals surface area contributed by atoms with Gasteiger partial charge in [0.05, 0.1) is 6.54 Å². The lowest BCUT2D eigenvalue weighted by atomic mass is 9.95. The number of nitrogens with one attached hydrogen (secondary N) is 1. The van der Waals surface area contributed by atoms with E-state index >= 15 is 0 Å². The van der Waals surface area contributed by atoms with Gasteiger partial charge >= 0.3 is 0 Å². The average molecular weight is 232 g/mol. The predicted molar refractivity (Wildman–Crippen MR) is 56.4 cm³/mol. The first kappa shape index (κ1) is 11.8. The lowest BCUT2D eigenvalue weighted by molar-refractivity contribution is -0.146. The molecular formula is C11H18F2N2O. The number of carbonyl (C=O) groups is 1. The number of piperidine rings is 2. The molecule has 0 aromatic rings. The number of amides is 1. The van der Waals surface area contributed by atoms with Crippen LogP contribution < -0.4 is 5.32 Å². The Morgan fingerprint density at radius 3 is 2.62 bits per heavy atom. The van der Waals surface area contributed by atoms with Crippen LogP contribution >= 0.6 is 0 Å². The van der Waals surface area contributed by atoms with Gasteiger partial charge in [0.25, 0.3) is 5.92 Å². The van der Waals surface area contributed by atoms with Gasteiger partial charge in [-0.05, 0) is 32.4 Å². The molecule has 2 fully saturated rings. The van der Waals surface area contributed by atoms with Crippen LogP contribution in [0.4, 0.5) is 8.78 Å². The lowest BCUT2D eigenvalue weighted by Crippen LogP contribution is -2.49. The fourth-order valence-electron chi connectivity index (χ4n) is 2.48. The third kappa shape index (κ3) is 2.70. The Hall–Kier alpha value is -0.710. The highest BCUT2D eigenvalue weighted by molar-refractivity contribution is 5.79. The smallest absolute Gasteiger partial charge is 0.265 e. The molecule has 16 heavy (non-hydrogen) atoms. The molecule has 0 atom stereocenters. The fraction of sp³-hybridized carbons (Fsp3) is 0.909. The van der Waals surface area contributed by atoms with Crippen molar-refractivity contribution in [2.45, 2.75) is 31.6 Å². The van der Waals surface area contributed by atoms with E-state index < -0.39 is 5.92 Å². The van der Waals surface area contributed by atoms with E-state index in [1.807, 2.05) is 0 Å². The molecule has 0 spiro atoms. The van der Waals surface area contributed by atoms with Gasteiger partial charge in [0.1, 0.15) is 0 Å². The molecule has 2 saturated heterocycles. The van der Waals surface area contributed by atoms with Gasteiger partial charge in [0.15, 0.2) is 0 Å². The molecule has 1 N–H and O–H groups in total. The Morgan fingerprint density at radius 1 is 1.31 bits per heavy atom. The summed E-state index contributed by atoms with van der Waals surface area (Å²) < 4.78 is 26.4. The molecule has 0 bridgehead atoms. The van der Waals surface area contributed by atoms with E-state index in [0.717, 1.165) is 25.9 Å². The third-order valence-electron chi connectivity index (χ3n) is 3.39. The first-order valence-electron chi connectivity index (χ1n) is 5.96. The third-order valence-corrected chi connectivity index (χ3v) is 3.39. The average Bonchev–Trinajstić information content (AvgIpc) is 2.28. The van der Waals surface area contributed by atoms with Gasteiger partial charge in [-0.3, -0.25) is 4.79 Å². The maximum atomic E-state index is 13.2. The molecule has 2 heterocycles. The molecule has 5 heteroatoms. The molecule has 0 unspecified atom stereocenters. The number of nitrogens with zero attached hydrogens (tertiary/aromatic N) is 1. The minimum atomic E-state index is -2.68. The first-order chi connectivity index (χ1) is 7.58. The summed E-state index contributed by atoms with van der Waals surface area (Å²) in [5, 5.41) is 3.17. The zero-order valence-electron chi connectivity index (χ0n) is 9.35. The van der Waals surface area contributed by atoms with Crippen molar-refractivity contribution in [2.75, 3.05) is 26.2 Å². The molecule has 0 aromatic heterocycles. The van der Waals surface area contributed by atoms with Gasteiger partial charge in [-0.25, -0.2) is 8.78 Å². The van der Waals surface area contributed by atoms with Gasteiger partial charge in [0, 0.05) is 18.9 Å². The Bertz CT molecular complexity index is 265. The van der Waals surface area contributed by atoms with E-state index in [4.69, 9.17) is 0 Å². The summed E-state index contributed by atoms with van der Waals surface area (Å²) in [6.45, 7) is 1.76. The molecule has 2 aliphatic rings. The summed E-state index contributed by atoms with van der Waals surface area (Å²) in [6, 6.07) is 0. The number of likely N-dealkylation sites (tertiary alicyclic amines) is 1. The Morgan fingerprint density at radius 2 is 2.00 bits per heavy atom. The summed E-state index contributed by atoms with van der Waals surface area (Å²) in [5.74, 6) is -2.79. The van der Waals surface area contributed by atoms with Crippen LogP contribution in [0.15, 0.2) is 0 Å². The summed E-state index contributed by atoms with van der Waals surface area (Å²) in [6.07, 6.45) is 1.90. The molecule has 2 aliphatic heterocycles. The standard InChI is InChI=1S/C11H18F2N2O/c12-11(13)4-1-7-15(8-11)10(16)9-2-5-14-6-3-9/h9,14H,1-8H2. The molecule has 0 aliphatic carbocycles. The normalized spacial score (nSPS) is 26.8. The number of hydrogen-bond acceptors (Lipinski definition) is 2. The van der Waals surface area contributed by atoms with Crippen molar-refractivity contribution in [3.63, 3.8) is 0 Å². The van der Waals surface area contributed by atoms with Crippen molar-refractivity contribution in [3.05, 3.63) is 0 Å². The summed E-state index contributed by atoms with van der Waals surface area (Å²) in [5.41, 5.74) is 0. The van der Waals surface area contributed by atoms with Gasteiger partial charge < -0.3 is 10.2 Å². The van der Waals surface area contributed by atoms with Crippen molar-refractivity contribution in [1.82, 2.24) is 10.2 Å². The highest BCUT2D eigenvalue weighted by atomic mass is 19.3. The Kier molecular flexibility index (Phi) is 3.42. The molecule has 0 radical (unpaired) electrons. The predicted octanol–water partition coefficient (Wildman–Crippen LogP) is 1.24. The minimum Gasteiger partial charge on any atom is -0.336 e. The van der Waals surface area contributed by atoms with E-state index in [-0.39, 0.29) is 24.8 Å². The highest BCUT2D eigenvalue weighted by Gasteiger charge is 2.38. The quantitative estimate of drug-likeness (QED) is 0.738. The topological polar surface area (TPSA) is 32.3 Å². The fourth-order valence-corrected chi connectivity index (χ4v) is 2.48. The SMILES string of the molecule is O=C(C1CCNCC1)N1CCCC(F)(F)C1. The number of carbonyl (C=O) groups excluding carboxylic acids is 1. The maximum Gasteiger partial charge on any atom is 0.265 e. The van der Waals surface area contributed by atoms with Gasteiger partial charge in [-0.1, -0.05) is 0 Å². The molecule has 92 valence electrons. The second-order valence-electron chi connectivity index (χ2n) is 4.74. The van der Waals surface area contributed by atoms with Gasteiger partial charge in [-0.15, -0.1) is 0 Å². The molecule has 1 amide bonds. The van der Waals surface area contributed by atoms with Crippen LogP contribution in [0.5, 0.6) is 0 Å². The monoisotopic (exact) mass is 232 g/mol. The van der Waals surface area contributed by atoms with Gasteiger partial charge in [0.2, 0.25) is 5.91 Å². The molecule has 0 aromatic carbocycles. The molecule has 0 saturated carbocycles. The summed E-state index contributed by atoms with van der Waals surface area (Å²) in [7, 11) is 0. The molecule has 2 rings (SSSR count). The largest absolute Gasteiger partial charge is 0.336 e. The lowest BCUT2D eigenvalue weighted by Gasteiger charge is -2.35. The van der Waals surface area contributed by atoms with Crippen LogP contribution in [0, 0.1) is 5.92 Å². The minimum absolute atomic E-state index is 0.0462. The number of alkyl halides is 2. The van der Waals surface area contributed by atoms with E-state index in [1.165, 1.54) is 4.90 Å². The maximum absolute atomic E-state index is 13.2. The number of halogens is 2. The number of hydrogen-bond donors (Lipinski definition) is 1. The second kappa shape index (κ2) is 4.65. The van der Waals surface area contributed by atoms with Crippen molar-refractivity contribution in [2.24, 2.45) is 5.92 Å². The zero-order chi connectivity index (χ0) is 11.6. The second-order valence-corrected chi connectivity index (χ2v) is 4.74. The van der Waals surface area contributed by atoms with Crippen molar-refractivity contribution in [3.8, 4) is 0 Å². The first-order valence-corrected chi connectivity index (χ1v) is 5.96.